The Hall–Kier alpha value is -1.23. The van der Waals surface area contributed by atoms with E-state index in [1.165, 1.54) is 0 Å². The van der Waals surface area contributed by atoms with Gasteiger partial charge in [0.2, 0.25) is 0 Å². The van der Waals surface area contributed by atoms with E-state index in [0.717, 1.165) is 10.0 Å². The molecule has 0 bridgehead atoms. The van der Waals surface area contributed by atoms with Crippen molar-refractivity contribution in [3.63, 3.8) is 0 Å². The number of nitrogen functional groups attached to an aromatic ring is 1. The second-order valence-electron chi connectivity index (χ2n) is 3.49. The van der Waals surface area contributed by atoms with Gasteiger partial charge in [-0.3, -0.25) is 0 Å². The van der Waals surface area contributed by atoms with Crippen LogP contribution in [0.25, 0.3) is 0 Å². The van der Waals surface area contributed by atoms with Crippen molar-refractivity contribution in [1.82, 2.24) is 0 Å². The molecule has 0 radical (unpaired) electrons. The number of anilines is 1. The summed E-state index contributed by atoms with van der Waals surface area (Å²) in [5.74, 6) is -0.540. The molecule has 88 valence electrons. The van der Waals surface area contributed by atoms with Crippen LogP contribution in [0.1, 0.15) is 18.9 Å². The molecule has 0 aliphatic heterocycles. The Bertz CT molecular complexity index is 383. The van der Waals surface area contributed by atoms with Crippen molar-refractivity contribution in [3.05, 3.63) is 22.2 Å². The fourth-order valence-corrected chi connectivity index (χ4v) is 1.96. The predicted octanol–water partition coefficient (Wildman–Crippen LogP) is 2.58. The topological polar surface area (TPSA) is 72.5 Å². The lowest BCUT2D eigenvalue weighted by Gasteiger charge is -2.17. The van der Waals surface area contributed by atoms with Gasteiger partial charge in [0, 0.05) is 4.47 Å². The number of ether oxygens (including phenoxy) is 1. The summed E-state index contributed by atoms with van der Waals surface area (Å²) in [6, 6.07) is 3.52. The monoisotopic (exact) mass is 287 g/mol. The van der Waals surface area contributed by atoms with E-state index in [2.05, 4.69) is 15.9 Å². The maximum Gasteiger partial charge on any atom is 0.344 e. The average Bonchev–Trinajstić information content (AvgIpc) is 2.15. The molecule has 0 saturated carbocycles. The molecule has 1 aromatic carbocycles. The summed E-state index contributed by atoms with van der Waals surface area (Å²) in [7, 11) is 0. The highest BCUT2D eigenvalue weighted by Crippen LogP contribution is 2.31. The Labute approximate surface area is 103 Å². The van der Waals surface area contributed by atoms with Crippen molar-refractivity contribution >= 4 is 27.6 Å². The van der Waals surface area contributed by atoms with Crippen molar-refractivity contribution in [2.45, 2.75) is 26.4 Å². The zero-order valence-corrected chi connectivity index (χ0v) is 10.7. The van der Waals surface area contributed by atoms with Crippen molar-refractivity contribution in [3.8, 4) is 5.75 Å². The third-order valence-electron chi connectivity index (χ3n) is 2.17. The van der Waals surface area contributed by atoms with Crippen LogP contribution in [0.5, 0.6) is 5.75 Å². The first-order valence-corrected chi connectivity index (χ1v) is 5.70. The second kappa shape index (κ2) is 5.21. The number of hydrogen-bond acceptors (Lipinski definition) is 3. The van der Waals surface area contributed by atoms with Gasteiger partial charge in [-0.15, -0.1) is 0 Å². The molecule has 1 atom stereocenters. The lowest BCUT2D eigenvalue weighted by molar-refractivity contribution is -0.145. The Morgan fingerprint density at radius 2 is 2.25 bits per heavy atom. The number of aliphatic carboxylic acids is 1. The number of benzene rings is 1. The first-order valence-electron chi connectivity index (χ1n) is 4.90. The first kappa shape index (κ1) is 12.8. The zero-order chi connectivity index (χ0) is 12.3. The van der Waals surface area contributed by atoms with Crippen LogP contribution < -0.4 is 10.5 Å². The average molecular weight is 288 g/mol. The van der Waals surface area contributed by atoms with E-state index in [1.807, 2.05) is 13.0 Å². The minimum Gasteiger partial charge on any atom is -0.479 e. The summed E-state index contributed by atoms with van der Waals surface area (Å²) in [5.41, 5.74) is 7.03. The molecule has 1 unspecified atom stereocenters. The minimum atomic E-state index is -0.982. The smallest absolute Gasteiger partial charge is 0.344 e. The van der Waals surface area contributed by atoms with E-state index in [0.29, 0.717) is 17.9 Å². The largest absolute Gasteiger partial charge is 0.479 e. The third-order valence-corrected chi connectivity index (χ3v) is 2.63. The minimum absolute atomic E-state index is 0.393. The molecule has 0 aliphatic carbocycles. The number of hydrogen-bond donors (Lipinski definition) is 2. The molecule has 0 aromatic heterocycles. The lowest BCUT2D eigenvalue weighted by atomic mass is 10.2. The molecule has 0 saturated heterocycles. The van der Waals surface area contributed by atoms with Gasteiger partial charge in [0.05, 0.1) is 5.69 Å². The summed E-state index contributed by atoms with van der Waals surface area (Å²) >= 11 is 3.31. The van der Waals surface area contributed by atoms with Gasteiger partial charge in [-0.05, 0) is 31.0 Å². The van der Waals surface area contributed by atoms with Crippen LogP contribution in [-0.4, -0.2) is 17.2 Å². The van der Waals surface area contributed by atoms with E-state index in [-0.39, 0.29) is 0 Å². The Balaban J connectivity index is 3.01. The maximum atomic E-state index is 10.8. The van der Waals surface area contributed by atoms with Crippen LogP contribution in [0.3, 0.4) is 0 Å². The van der Waals surface area contributed by atoms with Gasteiger partial charge >= 0.3 is 5.97 Å². The number of rotatable bonds is 4. The first-order chi connectivity index (χ1) is 7.45. The summed E-state index contributed by atoms with van der Waals surface area (Å²) in [6.07, 6.45) is -0.466. The molecule has 0 spiro atoms. The molecule has 3 N–H and O–H groups in total. The van der Waals surface area contributed by atoms with Gasteiger partial charge in [0.1, 0.15) is 5.75 Å². The number of aryl methyl sites for hydroxylation is 1. The number of carboxylic acids is 1. The van der Waals surface area contributed by atoms with E-state index >= 15 is 0 Å². The quantitative estimate of drug-likeness (QED) is 0.835. The molecule has 1 rings (SSSR count). The summed E-state index contributed by atoms with van der Waals surface area (Å²) in [5, 5.41) is 8.90. The van der Waals surface area contributed by atoms with Crippen molar-refractivity contribution in [1.29, 1.82) is 0 Å². The highest BCUT2D eigenvalue weighted by atomic mass is 79.9. The van der Waals surface area contributed by atoms with Gasteiger partial charge in [0.25, 0.3) is 0 Å². The molecule has 0 heterocycles. The maximum absolute atomic E-state index is 10.8. The molecule has 4 nitrogen and oxygen atoms in total. The second-order valence-corrected chi connectivity index (χ2v) is 4.41. The van der Waals surface area contributed by atoms with Gasteiger partial charge in [-0.1, -0.05) is 22.9 Å². The van der Waals surface area contributed by atoms with Crippen LogP contribution >= 0.6 is 15.9 Å². The predicted molar refractivity (Wildman–Crippen MR) is 65.6 cm³/mol. The molecule has 1 aromatic rings. The molecular weight excluding hydrogens is 274 g/mol. The lowest BCUT2D eigenvalue weighted by Crippen LogP contribution is -2.26. The molecule has 16 heavy (non-hydrogen) atoms. The summed E-state index contributed by atoms with van der Waals surface area (Å²) in [4.78, 5) is 10.8. The van der Waals surface area contributed by atoms with E-state index in [9.17, 15) is 4.79 Å². The van der Waals surface area contributed by atoms with Gasteiger partial charge in [-0.2, -0.15) is 0 Å². The highest BCUT2D eigenvalue weighted by Gasteiger charge is 2.19. The Kier molecular flexibility index (Phi) is 4.18. The molecule has 5 heteroatoms. The molecule has 0 fully saturated rings. The van der Waals surface area contributed by atoms with Crippen LogP contribution in [0.15, 0.2) is 16.6 Å². The Morgan fingerprint density at radius 3 is 2.69 bits per heavy atom. The number of nitrogens with two attached hydrogens (primary N) is 1. The third kappa shape index (κ3) is 2.88. The van der Waals surface area contributed by atoms with Crippen LogP contribution in [-0.2, 0) is 4.79 Å². The number of carboxylic acid groups (broad SMARTS) is 1. The van der Waals surface area contributed by atoms with Gasteiger partial charge in [-0.25, -0.2) is 4.79 Å². The fourth-order valence-electron chi connectivity index (χ4n) is 1.37. The molecule has 0 aliphatic rings. The number of carbonyl (C=O) groups is 1. The van der Waals surface area contributed by atoms with E-state index in [1.54, 1.807) is 13.0 Å². The highest BCUT2D eigenvalue weighted by molar-refractivity contribution is 9.10. The van der Waals surface area contributed by atoms with Gasteiger partial charge in [0.15, 0.2) is 6.10 Å². The molecular formula is C11H14BrNO3. The zero-order valence-electron chi connectivity index (χ0n) is 9.16. The summed E-state index contributed by atoms with van der Waals surface area (Å²) in [6.45, 7) is 3.58. The molecule has 0 amide bonds. The standard InChI is InChI=1S/C11H14BrNO3/c1-3-9(11(14)15)16-10-6(2)4-7(12)5-8(10)13/h4-5,9H,3,13H2,1-2H3,(H,14,15). The van der Waals surface area contributed by atoms with Crippen molar-refractivity contribution in [2.24, 2.45) is 0 Å². The van der Waals surface area contributed by atoms with E-state index in [4.69, 9.17) is 15.6 Å². The van der Waals surface area contributed by atoms with Crippen LogP contribution in [0.4, 0.5) is 5.69 Å². The van der Waals surface area contributed by atoms with Crippen LogP contribution in [0, 0.1) is 6.92 Å². The van der Waals surface area contributed by atoms with Crippen molar-refractivity contribution < 1.29 is 14.6 Å². The summed E-state index contributed by atoms with van der Waals surface area (Å²) < 4.78 is 6.24. The van der Waals surface area contributed by atoms with Crippen LogP contribution in [0.2, 0.25) is 0 Å². The fraction of sp³-hybridized carbons (Fsp3) is 0.364. The normalized spacial score (nSPS) is 12.2. The van der Waals surface area contributed by atoms with E-state index < -0.39 is 12.1 Å². The van der Waals surface area contributed by atoms with Crippen molar-refractivity contribution in [2.75, 3.05) is 5.73 Å². The number of halogens is 1. The SMILES string of the molecule is CCC(Oc1c(C)cc(Br)cc1N)C(=O)O. The van der Waals surface area contributed by atoms with Gasteiger partial charge < -0.3 is 15.6 Å². The Morgan fingerprint density at radius 1 is 1.62 bits per heavy atom.